The van der Waals surface area contributed by atoms with Gasteiger partial charge >= 0.3 is 0 Å². The van der Waals surface area contributed by atoms with Gasteiger partial charge in [0.25, 0.3) is 0 Å². The van der Waals surface area contributed by atoms with Gasteiger partial charge in [-0.2, -0.15) is 5.10 Å². The van der Waals surface area contributed by atoms with Crippen LogP contribution in [0.4, 0.5) is 5.69 Å². The van der Waals surface area contributed by atoms with Crippen LogP contribution >= 0.6 is 0 Å². The molecular formula is C12H14N4O. The van der Waals surface area contributed by atoms with Crippen LogP contribution in [0.3, 0.4) is 0 Å². The van der Waals surface area contributed by atoms with Crippen molar-refractivity contribution >= 4 is 22.5 Å². The normalized spacial score (nSPS) is 10.4. The molecule has 0 unspecified atom stereocenters. The van der Waals surface area contributed by atoms with Crippen LogP contribution in [0.15, 0.2) is 37.1 Å². The molecule has 0 atom stereocenters. The minimum absolute atomic E-state index is 0.0744. The van der Waals surface area contributed by atoms with E-state index in [1.165, 1.54) is 0 Å². The van der Waals surface area contributed by atoms with Crippen LogP contribution in [0.1, 0.15) is 0 Å². The summed E-state index contributed by atoms with van der Waals surface area (Å²) in [5.41, 5.74) is 1.72. The zero-order valence-corrected chi connectivity index (χ0v) is 9.36. The Morgan fingerprint density at radius 2 is 2.41 bits per heavy atom. The molecule has 17 heavy (non-hydrogen) atoms. The van der Waals surface area contributed by atoms with Crippen LogP contribution in [0.2, 0.25) is 0 Å². The van der Waals surface area contributed by atoms with Crippen molar-refractivity contribution < 1.29 is 4.79 Å². The summed E-state index contributed by atoms with van der Waals surface area (Å²) in [6, 6.07) is 5.60. The number of H-pyrrole nitrogens is 1. The molecule has 1 amide bonds. The number of benzene rings is 1. The summed E-state index contributed by atoms with van der Waals surface area (Å²) in [5, 5.41) is 13.5. The van der Waals surface area contributed by atoms with Crippen molar-refractivity contribution in [1.82, 2.24) is 15.5 Å². The van der Waals surface area contributed by atoms with Gasteiger partial charge in [0.1, 0.15) is 0 Å². The fraction of sp³-hybridized carbons (Fsp3) is 0.167. The maximum Gasteiger partial charge on any atom is 0.238 e. The molecule has 0 aliphatic rings. The molecule has 1 heterocycles. The largest absolute Gasteiger partial charge is 0.325 e. The fourth-order valence-electron chi connectivity index (χ4n) is 1.51. The lowest BCUT2D eigenvalue weighted by molar-refractivity contribution is -0.115. The Balaban J connectivity index is 1.97. The van der Waals surface area contributed by atoms with Gasteiger partial charge in [0.2, 0.25) is 5.91 Å². The van der Waals surface area contributed by atoms with Crippen molar-refractivity contribution in [3.63, 3.8) is 0 Å². The number of aromatic amines is 1. The number of nitrogens with one attached hydrogen (secondary N) is 3. The number of amides is 1. The molecule has 5 heteroatoms. The highest BCUT2D eigenvalue weighted by atomic mass is 16.1. The molecule has 0 aliphatic carbocycles. The first-order chi connectivity index (χ1) is 8.29. The predicted octanol–water partition coefficient (Wildman–Crippen LogP) is 1.28. The highest BCUT2D eigenvalue weighted by molar-refractivity contribution is 5.94. The zero-order chi connectivity index (χ0) is 12.1. The predicted molar refractivity (Wildman–Crippen MR) is 67.8 cm³/mol. The Kier molecular flexibility index (Phi) is 3.52. The first kappa shape index (κ1) is 11.3. The number of aromatic nitrogens is 2. The smallest absolute Gasteiger partial charge is 0.238 e. The molecule has 2 rings (SSSR count). The highest BCUT2D eigenvalue weighted by Gasteiger charge is 2.02. The Morgan fingerprint density at radius 1 is 1.53 bits per heavy atom. The average Bonchev–Trinajstić information content (AvgIpc) is 2.76. The van der Waals surface area contributed by atoms with E-state index >= 15 is 0 Å². The standard InChI is InChI=1S/C12H14N4O/c1-2-5-13-8-12(17)15-10-3-4-11-9(6-10)7-14-16-11/h2-4,6-7,13H,1,5,8H2,(H,14,16)(H,15,17). The Hall–Kier alpha value is -2.14. The van der Waals surface area contributed by atoms with Gasteiger partial charge in [-0.3, -0.25) is 9.89 Å². The van der Waals surface area contributed by atoms with Crippen molar-refractivity contribution in [3.05, 3.63) is 37.1 Å². The Bertz CT molecular complexity index is 532. The van der Waals surface area contributed by atoms with Crippen LogP contribution < -0.4 is 10.6 Å². The highest BCUT2D eigenvalue weighted by Crippen LogP contribution is 2.16. The summed E-state index contributed by atoms with van der Waals surface area (Å²) >= 11 is 0. The second-order valence-electron chi connectivity index (χ2n) is 3.64. The van der Waals surface area contributed by atoms with E-state index in [9.17, 15) is 4.79 Å². The van der Waals surface area contributed by atoms with Gasteiger partial charge in [-0.1, -0.05) is 6.08 Å². The first-order valence-electron chi connectivity index (χ1n) is 5.34. The second kappa shape index (κ2) is 5.27. The molecule has 0 radical (unpaired) electrons. The van der Waals surface area contributed by atoms with E-state index in [2.05, 4.69) is 27.4 Å². The second-order valence-corrected chi connectivity index (χ2v) is 3.64. The van der Waals surface area contributed by atoms with Crippen molar-refractivity contribution in [2.24, 2.45) is 0 Å². The van der Waals surface area contributed by atoms with Gasteiger partial charge < -0.3 is 10.6 Å². The van der Waals surface area contributed by atoms with Gasteiger partial charge in [-0.05, 0) is 18.2 Å². The van der Waals surface area contributed by atoms with Crippen molar-refractivity contribution in [3.8, 4) is 0 Å². The number of carbonyl (C=O) groups is 1. The van der Waals surface area contributed by atoms with Crippen LogP contribution in [0.5, 0.6) is 0 Å². The van der Waals surface area contributed by atoms with Crippen LogP contribution in [0, 0.1) is 0 Å². The maximum atomic E-state index is 11.5. The molecule has 5 nitrogen and oxygen atoms in total. The van der Waals surface area contributed by atoms with E-state index in [0.29, 0.717) is 6.54 Å². The Labute approximate surface area is 98.9 Å². The molecule has 88 valence electrons. The van der Waals surface area contributed by atoms with Crippen LogP contribution in [-0.2, 0) is 4.79 Å². The lowest BCUT2D eigenvalue weighted by atomic mass is 10.2. The van der Waals surface area contributed by atoms with Gasteiger partial charge in [0, 0.05) is 17.6 Å². The van der Waals surface area contributed by atoms with Crippen molar-refractivity contribution in [2.45, 2.75) is 0 Å². The van der Waals surface area contributed by atoms with E-state index in [4.69, 9.17) is 0 Å². The minimum atomic E-state index is -0.0744. The van der Waals surface area contributed by atoms with Gasteiger partial charge in [-0.25, -0.2) is 0 Å². The average molecular weight is 230 g/mol. The van der Waals surface area contributed by atoms with E-state index in [-0.39, 0.29) is 12.5 Å². The number of nitrogens with zero attached hydrogens (tertiary/aromatic N) is 1. The molecule has 0 aliphatic heterocycles. The number of anilines is 1. The van der Waals surface area contributed by atoms with Crippen molar-refractivity contribution in [2.75, 3.05) is 18.4 Å². The third-order valence-corrected chi connectivity index (χ3v) is 2.30. The number of carbonyl (C=O) groups excluding carboxylic acids is 1. The molecule has 0 spiro atoms. The number of fused-ring (bicyclic) bond motifs is 1. The lowest BCUT2D eigenvalue weighted by Crippen LogP contribution is -2.28. The van der Waals surface area contributed by atoms with Gasteiger partial charge in [0.05, 0.1) is 18.3 Å². The number of rotatable bonds is 5. The third-order valence-electron chi connectivity index (χ3n) is 2.30. The van der Waals surface area contributed by atoms with E-state index in [1.807, 2.05) is 18.2 Å². The van der Waals surface area contributed by atoms with Gasteiger partial charge in [-0.15, -0.1) is 6.58 Å². The summed E-state index contributed by atoms with van der Waals surface area (Å²) in [6.07, 6.45) is 3.44. The molecule has 3 N–H and O–H groups in total. The fourth-order valence-corrected chi connectivity index (χ4v) is 1.51. The zero-order valence-electron chi connectivity index (χ0n) is 9.36. The summed E-state index contributed by atoms with van der Waals surface area (Å²) in [5.74, 6) is -0.0744. The molecule has 0 bridgehead atoms. The molecule has 0 saturated heterocycles. The summed E-state index contributed by atoms with van der Waals surface area (Å²) in [4.78, 5) is 11.5. The molecule has 2 aromatic rings. The monoisotopic (exact) mass is 230 g/mol. The molecule has 1 aromatic carbocycles. The van der Waals surface area contributed by atoms with E-state index in [0.717, 1.165) is 16.6 Å². The minimum Gasteiger partial charge on any atom is -0.325 e. The SMILES string of the molecule is C=CCNCC(=O)Nc1ccc2[nH]ncc2c1. The topological polar surface area (TPSA) is 69.8 Å². The van der Waals surface area contributed by atoms with E-state index < -0.39 is 0 Å². The Morgan fingerprint density at radius 3 is 3.24 bits per heavy atom. The van der Waals surface area contributed by atoms with Gasteiger partial charge in [0.15, 0.2) is 0 Å². The molecule has 0 saturated carbocycles. The van der Waals surface area contributed by atoms with Crippen LogP contribution in [-0.4, -0.2) is 29.2 Å². The number of hydrogen-bond donors (Lipinski definition) is 3. The quantitative estimate of drug-likeness (QED) is 0.535. The maximum absolute atomic E-state index is 11.5. The molecular weight excluding hydrogens is 216 g/mol. The molecule has 1 aromatic heterocycles. The van der Waals surface area contributed by atoms with E-state index in [1.54, 1.807) is 12.3 Å². The summed E-state index contributed by atoms with van der Waals surface area (Å²) < 4.78 is 0. The van der Waals surface area contributed by atoms with Crippen LogP contribution in [0.25, 0.3) is 10.9 Å². The summed E-state index contributed by atoms with van der Waals surface area (Å²) in [7, 11) is 0. The number of hydrogen-bond acceptors (Lipinski definition) is 3. The lowest BCUT2D eigenvalue weighted by Gasteiger charge is -2.05. The summed E-state index contributed by atoms with van der Waals surface area (Å²) in [6.45, 7) is 4.46. The van der Waals surface area contributed by atoms with Crippen molar-refractivity contribution in [1.29, 1.82) is 0 Å². The first-order valence-corrected chi connectivity index (χ1v) is 5.34. The molecule has 0 fully saturated rings. The third kappa shape index (κ3) is 2.92.